The van der Waals surface area contributed by atoms with E-state index in [1.54, 1.807) is 6.08 Å². The molecule has 34 heavy (non-hydrogen) atoms. The zero-order chi connectivity index (χ0) is 23.8. The lowest BCUT2D eigenvalue weighted by molar-refractivity contribution is -0.116. The quantitative estimate of drug-likeness (QED) is 0.193. The number of benzene rings is 3. The third-order valence-electron chi connectivity index (χ3n) is 5.66. The maximum atomic E-state index is 12.0. The predicted molar refractivity (Wildman–Crippen MR) is 141 cm³/mol. The standard InChI is InChI=1S/C28H27Cl2N3O/c29-23-16-14-22(19-24(23)30)20-33-26-12-7-6-11-25(26)32-27(33)13-5-2-8-18-31-28(34)17-15-21-9-3-1-4-10-21/h1,3-4,6-7,9-12,14-17,19H,2,5,8,13,18,20H2,(H,31,34)/b17-15+. The Labute approximate surface area is 210 Å². The molecular weight excluding hydrogens is 465 g/mol. The van der Waals surface area contributed by atoms with Gasteiger partial charge in [0.2, 0.25) is 5.91 Å². The second kappa shape index (κ2) is 11.9. The Morgan fingerprint density at radius 3 is 2.53 bits per heavy atom. The SMILES string of the molecule is O=C(/C=C/c1ccccc1)NCCCCCc1nc2ccccc2n1Cc1ccc(Cl)c(Cl)c1. The number of aromatic nitrogens is 2. The third-order valence-corrected chi connectivity index (χ3v) is 6.40. The van der Waals surface area contributed by atoms with Crippen LogP contribution in [0, 0.1) is 0 Å². The average Bonchev–Trinajstić information content (AvgIpc) is 3.20. The molecule has 0 radical (unpaired) electrons. The molecule has 3 aromatic carbocycles. The van der Waals surface area contributed by atoms with Crippen molar-refractivity contribution in [2.75, 3.05) is 6.54 Å². The first-order valence-electron chi connectivity index (χ1n) is 11.5. The van der Waals surface area contributed by atoms with Gasteiger partial charge in [0, 0.05) is 25.6 Å². The number of unbranched alkanes of at least 4 members (excludes halogenated alkanes) is 2. The largest absolute Gasteiger partial charge is 0.353 e. The topological polar surface area (TPSA) is 46.9 Å². The second-order valence-electron chi connectivity index (χ2n) is 8.20. The molecule has 0 aliphatic heterocycles. The zero-order valence-corrected chi connectivity index (χ0v) is 20.4. The first-order chi connectivity index (χ1) is 16.6. The van der Waals surface area contributed by atoms with Crippen LogP contribution >= 0.6 is 23.2 Å². The van der Waals surface area contributed by atoms with Gasteiger partial charge in [-0.15, -0.1) is 0 Å². The van der Waals surface area contributed by atoms with Crippen LogP contribution in [0.5, 0.6) is 0 Å². The predicted octanol–water partition coefficient (Wildman–Crippen LogP) is 6.93. The van der Waals surface area contributed by atoms with E-state index in [0.717, 1.165) is 53.7 Å². The van der Waals surface area contributed by atoms with Crippen LogP contribution in [0.2, 0.25) is 10.0 Å². The molecule has 0 fully saturated rings. The number of hydrogen-bond donors (Lipinski definition) is 1. The summed E-state index contributed by atoms with van der Waals surface area (Å²) in [6.07, 6.45) is 7.23. The Bertz CT molecular complexity index is 1280. The summed E-state index contributed by atoms with van der Waals surface area (Å²) in [7, 11) is 0. The van der Waals surface area contributed by atoms with E-state index in [0.29, 0.717) is 23.1 Å². The number of fused-ring (bicyclic) bond motifs is 1. The van der Waals surface area contributed by atoms with Crippen LogP contribution in [0.1, 0.15) is 36.2 Å². The number of aryl methyl sites for hydroxylation is 1. The average molecular weight is 492 g/mol. The molecule has 4 nitrogen and oxygen atoms in total. The van der Waals surface area contributed by atoms with Crippen molar-refractivity contribution in [2.24, 2.45) is 0 Å². The van der Waals surface area contributed by atoms with Crippen LogP contribution in [0.4, 0.5) is 0 Å². The summed E-state index contributed by atoms with van der Waals surface area (Å²) >= 11 is 12.3. The summed E-state index contributed by atoms with van der Waals surface area (Å²) in [6.45, 7) is 1.36. The van der Waals surface area contributed by atoms with E-state index in [9.17, 15) is 4.79 Å². The molecular formula is C28H27Cl2N3O. The highest BCUT2D eigenvalue weighted by atomic mass is 35.5. The van der Waals surface area contributed by atoms with Gasteiger partial charge in [-0.05, 0) is 54.3 Å². The smallest absolute Gasteiger partial charge is 0.243 e. The van der Waals surface area contributed by atoms with Crippen LogP contribution in [-0.4, -0.2) is 22.0 Å². The van der Waals surface area contributed by atoms with E-state index < -0.39 is 0 Å². The molecule has 6 heteroatoms. The van der Waals surface area contributed by atoms with E-state index in [1.807, 2.05) is 72.8 Å². The lowest BCUT2D eigenvalue weighted by Gasteiger charge is -2.10. The highest BCUT2D eigenvalue weighted by molar-refractivity contribution is 6.42. The van der Waals surface area contributed by atoms with Crippen LogP contribution in [0.3, 0.4) is 0 Å². The molecule has 0 aliphatic carbocycles. The molecule has 174 valence electrons. The number of amides is 1. The zero-order valence-electron chi connectivity index (χ0n) is 18.9. The summed E-state index contributed by atoms with van der Waals surface area (Å²) in [5, 5.41) is 4.08. The lowest BCUT2D eigenvalue weighted by Crippen LogP contribution is -2.22. The van der Waals surface area contributed by atoms with Crippen molar-refractivity contribution < 1.29 is 4.79 Å². The van der Waals surface area contributed by atoms with Crippen molar-refractivity contribution in [3.63, 3.8) is 0 Å². The van der Waals surface area contributed by atoms with E-state index in [4.69, 9.17) is 28.2 Å². The number of nitrogens with one attached hydrogen (secondary N) is 1. The Morgan fingerprint density at radius 2 is 1.71 bits per heavy atom. The number of halogens is 2. The van der Waals surface area contributed by atoms with Gasteiger partial charge in [0.15, 0.2) is 0 Å². The number of carbonyl (C=O) groups is 1. The van der Waals surface area contributed by atoms with Gasteiger partial charge in [-0.3, -0.25) is 4.79 Å². The Balaban J connectivity index is 1.29. The van der Waals surface area contributed by atoms with Crippen LogP contribution in [0.15, 0.2) is 78.9 Å². The summed E-state index contributed by atoms with van der Waals surface area (Å²) < 4.78 is 2.26. The number of nitrogens with zero attached hydrogens (tertiary/aromatic N) is 2. The van der Waals surface area contributed by atoms with E-state index in [-0.39, 0.29) is 5.91 Å². The molecule has 1 amide bonds. The van der Waals surface area contributed by atoms with Crippen molar-refractivity contribution in [3.05, 3.63) is 106 Å². The number of hydrogen-bond acceptors (Lipinski definition) is 2. The molecule has 0 unspecified atom stereocenters. The number of rotatable bonds is 10. The van der Waals surface area contributed by atoms with Crippen LogP contribution in [-0.2, 0) is 17.8 Å². The first-order valence-corrected chi connectivity index (χ1v) is 12.2. The molecule has 0 spiro atoms. The fourth-order valence-electron chi connectivity index (χ4n) is 3.90. The van der Waals surface area contributed by atoms with Crippen LogP contribution in [0.25, 0.3) is 17.1 Å². The van der Waals surface area contributed by atoms with Gasteiger partial charge in [0.05, 0.1) is 21.1 Å². The van der Waals surface area contributed by atoms with E-state index in [1.165, 1.54) is 0 Å². The maximum absolute atomic E-state index is 12.0. The van der Waals surface area contributed by atoms with Crippen molar-refractivity contribution in [3.8, 4) is 0 Å². The van der Waals surface area contributed by atoms with Gasteiger partial charge in [-0.25, -0.2) is 4.98 Å². The molecule has 1 N–H and O–H groups in total. The highest BCUT2D eigenvalue weighted by Gasteiger charge is 2.11. The minimum absolute atomic E-state index is 0.0627. The monoisotopic (exact) mass is 491 g/mol. The maximum Gasteiger partial charge on any atom is 0.243 e. The molecule has 4 rings (SSSR count). The van der Waals surface area contributed by atoms with Gasteiger partial charge in [0.1, 0.15) is 5.82 Å². The molecule has 1 aromatic heterocycles. The Hall–Kier alpha value is -3.08. The van der Waals surface area contributed by atoms with Gasteiger partial charge in [-0.2, -0.15) is 0 Å². The molecule has 4 aromatic rings. The number of carbonyl (C=O) groups excluding carboxylic acids is 1. The molecule has 0 aliphatic rings. The molecule has 0 atom stereocenters. The number of imidazole rings is 1. The van der Waals surface area contributed by atoms with Crippen LogP contribution < -0.4 is 5.32 Å². The fraction of sp³-hybridized carbons (Fsp3) is 0.214. The molecule has 1 heterocycles. The van der Waals surface area contributed by atoms with Crippen molar-refractivity contribution >= 4 is 46.2 Å². The minimum atomic E-state index is -0.0627. The number of para-hydroxylation sites is 2. The normalized spacial score (nSPS) is 11.4. The van der Waals surface area contributed by atoms with Crippen molar-refractivity contribution in [1.82, 2.24) is 14.9 Å². The third kappa shape index (κ3) is 6.49. The summed E-state index contributed by atoms with van der Waals surface area (Å²) in [5.41, 5.74) is 4.21. The van der Waals surface area contributed by atoms with Gasteiger partial charge in [0.25, 0.3) is 0 Å². The molecule has 0 saturated heterocycles. The molecule has 0 saturated carbocycles. The lowest BCUT2D eigenvalue weighted by atomic mass is 10.1. The minimum Gasteiger partial charge on any atom is -0.353 e. The highest BCUT2D eigenvalue weighted by Crippen LogP contribution is 2.25. The van der Waals surface area contributed by atoms with Crippen molar-refractivity contribution in [2.45, 2.75) is 32.2 Å². The summed E-state index contributed by atoms with van der Waals surface area (Å²) in [6, 6.07) is 23.8. The van der Waals surface area contributed by atoms with Gasteiger partial charge in [-0.1, -0.05) is 78.2 Å². The summed E-state index contributed by atoms with van der Waals surface area (Å²) in [4.78, 5) is 16.9. The van der Waals surface area contributed by atoms with E-state index >= 15 is 0 Å². The second-order valence-corrected chi connectivity index (χ2v) is 9.01. The fourth-order valence-corrected chi connectivity index (χ4v) is 4.23. The van der Waals surface area contributed by atoms with Crippen molar-refractivity contribution in [1.29, 1.82) is 0 Å². The Morgan fingerprint density at radius 1 is 0.912 bits per heavy atom. The summed E-state index contributed by atoms with van der Waals surface area (Å²) in [5.74, 6) is 0.995. The first kappa shape index (κ1) is 24.1. The van der Waals surface area contributed by atoms with Gasteiger partial charge >= 0.3 is 0 Å². The molecule has 0 bridgehead atoms. The van der Waals surface area contributed by atoms with Gasteiger partial charge < -0.3 is 9.88 Å². The van der Waals surface area contributed by atoms with E-state index in [2.05, 4.69) is 16.0 Å². The Kier molecular flexibility index (Phi) is 8.40.